The summed E-state index contributed by atoms with van der Waals surface area (Å²) in [5.41, 5.74) is 4.64. The van der Waals surface area contributed by atoms with Crippen molar-refractivity contribution in [3.05, 3.63) is 72.8 Å². The molecule has 0 saturated carbocycles. The zero-order chi connectivity index (χ0) is 21.5. The molecule has 0 aliphatic rings. The lowest BCUT2D eigenvalue weighted by molar-refractivity contribution is -0.639. The van der Waals surface area contributed by atoms with Crippen LogP contribution in [0.2, 0.25) is 0 Å². The highest BCUT2D eigenvalue weighted by atomic mass is 15.3. The third-order valence-corrected chi connectivity index (χ3v) is 5.89. The first kappa shape index (κ1) is 12.8. The lowest BCUT2D eigenvalue weighted by Gasteiger charge is -2.05. The van der Waals surface area contributed by atoms with Gasteiger partial charge in [-0.05, 0) is 24.3 Å². The van der Waals surface area contributed by atoms with Crippen molar-refractivity contribution in [2.75, 3.05) is 0 Å². The number of aryl methyl sites for hydroxylation is 3. The number of hydrogen-bond donors (Lipinski definition) is 0. The van der Waals surface area contributed by atoms with Gasteiger partial charge in [0.1, 0.15) is 16.6 Å². The molecule has 3 aromatic heterocycles. The van der Waals surface area contributed by atoms with Crippen molar-refractivity contribution < 1.29 is 8.68 Å². The molecule has 0 spiro atoms. The molecule has 28 heavy (non-hydrogen) atoms. The number of para-hydroxylation sites is 4. The van der Waals surface area contributed by atoms with E-state index < -0.39 is 6.98 Å². The summed E-state index contributed by atoms with van der Waals surface area (Å²) in [4.78, 5) is 0. The minimum absolute atomic E-state index is 0.610. The molecular weight excluding hydrogens is 344 g/mol. The second-order valence-corrected chi connectivity index (χ2v) is 7.31. The predicted octanol–water partition coefficient (Wildman–Crippen LogP) is 4.59. The molecule has 6 rings (SSSR count). The number of fused-ring (bicyclic) bond motifs is 6. The molecule has 0 aliphatic heterocycles. The van der Waals surface area contributed by atoms with Gasteiger partial charge in [-0.15, -0.1) is 0 Å². The van der Waals surface area contributed by atoms with Crippen LogP contribution >= 0.6 is 0 Å². The standard InChI is InChI=1S/C24H21N4/c1-25-18-12-6-4-10-16(18)22-17-11-5-7-13-19(17)28(23(22)25)24-26(2)20-14-8-9-15-21(20)27(24)3/h4-15H,1-3H3/q+1/i2D3. The third kappa shape index (κ3) is 1.73. The average molecular weight is 368 g/mol. The predicted molar refractivity (Wildman–Crippen MR) is 115 cm³/mol. The van der Waals surface area contributed by atoms with E-state index in [1.807, 2.05) is 67.2 Å². The minimum atomic E-state index is -2.33. The van der Waals surface area contributed by atoms with Gasteiger partial charge in [-0.3, -0.25) is 0 Å². The van der Waals surface area contributed by atoms with Crippen LogP contribution in [-0.4, -0.2) is 13.7 Å². The van der Waals surface area contributed by atoms with E-state index in [1.165, 1.54) is 4.57 Å². The van der Waals surface area contributed by atoms with Crippen molar-refractivity contribution in [1.29, 1.82) is 0 Å². The Hall–Kier alpha value is -3.53. The van der Waals surface area contributed by atoms with Gasteiger partial charge in [-0.25, -0.2) is 9.13 Å². The number of aromatic nitrogens is 4. The van der Waals surface area contributed by atoms with E-state index in [0.717, 1.165) is 38.4 Å². The Bertz CT molecular complexity index is 1650. The maximum Gasteiger partial charge on any atom is 0.371 e. The molecule has 136 valence electrons. The first-order valence-corrected chi connectivity index (χ1v) is 9.36. The maximum atomic E-state index is 8.35. The van der Waals surface area contributed by atoms with Gasteiger partial charge in [0.15, 0.2) is 5.65 Å². The van der Waals surface area contributed by atoms with E-state index in [2.05, 4.69) is 33.4 Å². The summed E-state index contributed by atoms with van der Waals surface area (Å²) in [5, 5.41) is 3.40. The molecule has 0 bridgehead atoms. The van der Waals surface area contributed by atoms with Crippen molar-refractivity contribution in [1.82, 2.24) is 13.7 Å². The third-order valence-electron chi connectivity index (χ3n) is 5.89. The number of imidazole rings is 1. The first-order chi connectivity index (χ1) is 14.9. The summed E-state index contributed by atoms with van der Waals surface area (Å²) in [6.07, 6.45) is 0. The second-order valence-electron chi connectivity index (χ2n) is 7.31. The molecule has 0 saturated heterocycles. The van der Waals surface area contributed by atoms with E-state index in [1.54, 1.807) is 0 Å². The van der Waals surface area contributed by atoms with Crippen LogP contribution in [0.5, 0.6) is 0 Å². The molecule has 4 heteroatoms. The lowest BCUT2D eigenvalue weighted by Crippen LogP contribution is -2.33. The quantitative estimate of drug-likeness (QED) is 0.378. The van der Waals surface area contributed by atoms with Crippen molar-refractivity contribution >= 4 is 43.9 Å². The molecule has 0 aliphatic carbocycles. The Morgan fingerprint density at radius 2 is 1.36 bits per heavy atom. The van der Waals surface area contributed by atoms with Crippen molar-refractivity contribution in [3.63, 3.8) is 0 Å². The monoisotopic (exact) mass is 368 g/mol. The van der Waals surface area contributed by atoms with Gasteiger partial charge in [0.05, 0.1) is 29.0 Å². The van der Waals surface area contributed by atoms with Crippen LogP contribution in [0.15, 0.2) is 72.8 Å². The van der Waals surface area contributed by atoms with Gasteiger partial charge in [0, 0.05) is 17.8 Å². The van der Waals surface area contributed by atoms with Gasteiger partial charge in [0.25, 0.3) is 0 Å². The molecule has 0 atom stereocenters. The smallest absolute Gasteiger partial charge is 0.317 e. The molecule has 0 unspecified atom stereocenters. The van der Waals surface area contributed by atoms with Crippen LogP contribution in [0.25, 0.3) is 49.8 Å². The second kappa shape index (κ2) is 5.26. The molecule has 3 heterocycles. The normalized spacial score (nSPS) is 14.1. The van der Waals surface area contributed by atoms with E-state index in [-0.39, 0.29) is 0 Å². The highest BCUT2D eigenvalue weighted by Crippen LogP contribution is 2.38. The number of rotatable bonds is 1. The Labute approximate surface area is 166 Å². The Balaban J connectivity index is 1.93. The summed E-state index contributed by atoms with van der Waals surface area (Å²) in [6, 6.07) is 24.2. The van der Waals surface area contributed by atoms with Crippen LogP contribution in [-0.2, 0) is 21.1 Å². The van der Waals surface area contributed by atoms with Gasteiger partial charge < -0.3 is 4.57 Å². The lowest BCUT2D eigenvalue weighted by atomic mass is 10.1. The Kier molecular flexibility index (Phi) is 2.40. The fraction of sp³-hybridized carbons (Fsp3) is 0.125. The molecule has 0 N–H and O–H groups in total. The van der Waals surface area contributed by atoms with E-state index in [4.69, 9.17) is 4.11 Å². The highest BCUT2D eigenvalue weighted by molar-refractivity contribution is 6.21. The molecule has 0 radical (unpaired) electrons. The number of benzene rings is 3. The largest absolute Gasteiger partial charge is 0.371 e. The van der Waals surface area contributed by atoms with Crippen LogP contribution in [0.4, 0.5) is 0 Å². The summed E-state index contributed by atoms with van der Waals surface area (Å²) < 4.78 is 32.8. The van der Waals surface area contributed by atoms with Crippen molar-refractivity contribution in [2.45, 2.75) is 0 Å². The summed E-state index contributed by atoms with van der Waals surface area (Å²) in [6.45, 7) is -2.33. The van der Waals surface area contributed by atoms with E-state index in [0.29, 0.717) is 11.5 Å². The minimum Gasteiger partial charge on any atom is -0.317 e. The zero-order valence-corrected chi connectivity index (χ0v) is 15.7. The fourth-order valence-electron chi connectivity index (χ4n) is 4.66. The zero-order valence-electron chi connectivity index (χ0n) is 18.7. The van der Waals surface area contributed by atoms with E-state index >= 15 is 0 Å². The number of hydrogen-bond acceptors (Lipinski definition) is 0. The molecule has 0 amide bonds. The topological polar surface area (TPSA) is 18.7 Å². The molecule has 3 aromatic carbocycles. The van der Waals surface area contributed by atoms with Crippen molar-refractivity contribution in [3.8, 4) is 5.95 Å². The van der Waals surface area contributed by atoms with Crippen LogP contribution in [0, 0.1) is 0 Å². The summed E-state index contributed by atoms with van der Waals surface area (Å²) in [5.74, 6) is 0.610. The highest BCUT2D eigenvalue weighted by Gasteiger charge is 2.29. The molecule has 0 fully saturated rings. The van der Waals surface area contributed by atoms with Crippen LogP contribution < -0.4 is 4.57 Å². The molecule has 4 nitrogen and oxygen atoms in total. The fourth-order valence-corrected chi connectivity index (χ4v) is 4.66. The van der Waals surface area contributed by atoms with Gasteiger partial charge in [0.2, 0.25) is 0 Å². The number of nitrogens with zero attached hydrogens (tertiary/aromatic N) is 4. The van der Waals surface area contributed by atoms with Crippen LogP contribution in [0.3, 0.4) is 0 Å². The van der Waals surface area contributed by atoms with Crippen LogP contribution in [0.1, 0.15) is 4.11 Å². The average Bonchev–Trinajstić information content (AvgIpc) is 3.35. The Morgan fingerprint density at radius 3 is 2.11 bits per heavy atom. The summed E-state index contributed by atoms with van der Waals surface area (Å²) in [7, 11) is 3.98. The van der Waals surface area contributed by atoms with E-state index in [9.17, 15) is 0 Å². The van der Waals surface area contributed by atoms with Gasteiger partial charge in [-0.1, -0.05) is 48.5 Å². The first-order valence-electron chi connectivity index (χ1n) is 10.9. The van der Waals surface area contributed by atoms with Gasteiger partial charge >= 0.3 is 5.95 Å². The molecular formula is C24H21N4+. The van der Waals surface area contributed by atoms with Crippen molar-refractivity contribution in [2.24, 2.45) is 21.1 Å². The maximum absolute atomic E-state index is 8.35. The van der Waals surface area contributed by atoms with Gasteiger partial charge in [-0.2, -0.15) is 4.57 Å². The SMILES string of the molecule is [2H]C([2H])([2H])n1c(-n2c3ccccc3c3c4ccccc4n(C)c32)[n+](C)c2ccccc21. The Morgan fingerprint density at radius 1 is 0.750 bits per heavy atom. The summed E-state index contributed by atoms with van der Waals surface area (Å²) >= 11 is 0. The molecule has 6 aromatic rings.